The van der Waals surface area contributed by atoms with Crippen LogP contribution in [0.25, 0.3) is 0 Å². The van der Waals surface area contributed by atoms with Crippen molar-refractivity contribution in [2.75, 3.05) is 17.7 Å². The molecule has 1 heterocycles. The Balaban J connectivity index is 1.84. The van der Waals surface area contributed by atoms with E-state index < -0.39 is 0 Å². The third-order valence-corrected chi connectivity index (χ3v) is 4.62. The van der Waals surface area contributed by atoms with E-state index in [2.05, 4.69) is 36.4 Å². The first-order valence-electron chi connectivity index (χ1n) is 9.55. The van der Waals surface area contributed by atoms with Gasteiger partial charge in [0, 0.05) is 11.9 Å². The van der Waals surface area contributed by atoms with Gasteiger partial charge in [0.1, 0.15) is 5.75 Å². The van der Waals surface area contributed by atoms with Gasteiger partial charge in [-0.25, -0.2) is 0 Å². The van der Waals surface area contributed by atoms with Gasteiger partial charge >= 0.3 is 0 Å². The Morgan fingerprint density at radius 2 is 1.76 bits per heavy atom. The highest BCUT2D eigenvalue weighted by Gasteiger charge is 2.19. The number of aromatic nitrogens is 1. The van der Waals surface area contributed by atoms with Crippen molar-refractivity contribution in [3.05, 3.63) is 77.6 Å². The quantitative estimate of drug-likeness (QED) is 0.588. The number of pyridine rings is 1. The standard InChI is InChI=1S/C24H27N3O2/c1-16-10-11-22(29-5)21(12-16)26-18-13-17(14-25-15-18)23(28)27-20-9-7-6-8-19(20)24(2,3)4/h6-15,26H,1-5H3,(H,27,28). The van der Waals surface area contributed by atoms with Gasteiger partial charge in [-0.3, -0.25) is 9.78 Å². The molecule has 5 heteroatoms. The first kappa shape index (κ1) is 20.4. The van der Waals surface area contributed by atoms with Crippen LogP contribution in [0.4, 0.5) is 17.1 Å². The Labute approximate surface area is 172 Å². The Bertz CT molecular complexity index is 1020. The highest BCUT2D eigenvalue weighted by molar-refractivity contribution is 6.05. The molecule has 5 nitrogen and oxygen atoms in total. The fourth-order valence-electron chi connectivity index (χ4n) is 3.15. The number of ether oxygens (including phenoxy) is 1. The third-order valence-electron chi connectivity index (χ3n) is 4.62. The van der Waals surface area contributed by atoms with E-state index in [1.165, 1.54) is 0 Å². The monoisotopic (exact) mass is 389 g/mol. The number of aryl methyl sites for hydroxylation is 1. The first-order chi connectivity index (χ1) is 13.8. The Morgan fingerprint density at radius 1 is 1.00 bits per heavy atom. The summed E-state index contributed by atoms with van der Waals surface area (Å²) in [5.41, 5.74) is 4.94. The molecular weight excluding hydrogens is 362 g/mol. The molecule has 0 fully saturated rings. The van der Waals surface area contributed by atoms with E-state index in [0.29, 0.717) is 11.3 Å². The SMILES string of the molecule is COc1ccc(C)cc1Nc1cncc(C(=O)Nc2ccccc2C(C)(C)C)c1. The molecule has 0 unspecified atom stereocenters. The van der Waals surface area contributed by atoms with Gasteiger partial charge in [-0.05, 0) is 47.7 Å². The molecule has 3 aromatic rings. The Morgan fingerprint density at radius 3 is 2.48 bits per heavy atom. The summed E-state index contributed by atoms with van der Waals surface area (Å²) in [4.78, 5) is 17.1. The number of nitrogens with zero attached hydrogens (tertiary/aromatic N) is 1. The van der Waals surface area contributed by atoms with Crippen LogP contribution in [0.2, 0.25) is 0 Å². The first-order valence-corrected chi connectivity index (χ1v) is 9.55. The lowest BCUT2D eigenvalue weighted by Gasteiger charge is -2.23. The largest absolute Gasteiger partial charge is 0.495 e. The number of rotatable bonds is 5. The summed E-state index contributed by atoms with van der Waals surface area (Å²) in [6.45, 7) is 8.39. The van der Waals surface area contributed by atoms with Crippen LogP contribution in [0.1, 0.15) is 42.3 Å². The number of para-hydroxylation sites is 1. The van der Waals surface area contributed by atoms with Crippen molar-refractivity contribution < 1.29 is 9.53 Å². The molecule has 0 saturated heterocycles. The summed E-state index contributed by atoms with van der Waals surface area (Å²) >= 11 is 0. The Hall–Kier alpha value is -3.34. The van der Waals surface area contributed by atoms with Crippen molar-refractivity contribution in [1.29, 1.82) is 0 Å². The molecule has 3 rings (SSSR count). The second-order valence-electron chi connectivity index (χ2n) is 8.04. The maximum absolute atomic E-state index is 12.9. The van der Waals surface area contributed by atoms with E-state index >= 15 is 0 Å². The van der Waals surface area contributed by atoms with Gasteiger partial charge in [-0.15, -0.1) is 0 Å². The molecule has 0 saturated carbocycles. The Kier molecular flexibility index (Phi) is 5.87. The molecule has 0 aliphatic rings. The predicted molar refractivity (Wildman–Crippen MR) is 118 cm³/mol. The lowest BCUT2D eigenvalue weighted by atomic mass is 9.86. The van der Waals surface area contributed by atoms with Gasteiger partial charge in [-0.1, -0.05) is 45.0 Å². The van der Waals surface area contributed by atoms with E-state index in [1.807, 2.05) is 49.4 Å². The second kappa shape index (κ2) is 8.35. The number of anilines is 3. The number of nitrogens with one attached hydrogen (secondary N) is 2. The molecule has 1 amide bonds. The van der Waals surface area contributed by atoms with Crippen LogP contribution in [0.5, 0.6) is 5.75 Å². The van der Waals surface area contributed by atoms with Crippen molar-refractivity contribution >= 4 is 23.0 Å². The minimum absolute atomic E-state index is 0.0761. The van der Waals surface area contributed by atoms with Gasteiger partial charge in [0.15, 0.2) is 0 Å². The highest BCUT2D eigenvalue weighted by atomic mass is 16.5. The lowest BCUT2D eigenvalue weighted by molar-refractivity contribution is 0.102. The molecule has 0 radical (unpaired) electrons. The van der Waals surface area contributed by atoms with E-state index in [9.17, 15) is 4.79 Å². The second-order valence-corrected chi connectivity index (χ2v) is 8.04. The fourth-order valence-corrected chi connectivity index (χ4v) is 3.15. The number of hydrogen-bond acceptors (Lipinski definition) is 4. The van der Waals surface area contributed by atoms with Crippen molar-refractivity contribution in [3.8, 4) is 5.75 Å². The predicted octanol–water partition coefficient (Wildman–Crippen LogP) is 5.69. The summed E-state index contributed by atoms with van der Waals surface area (Å²) in [6, 6.07) is 15.5. The number of methoxy groups -OCH3 is 1. The summed E-state index contributed by atoms with van der Waals surface area (Å²) in [5.74, 6) is 0.526. The average molecular weight is 389 g/mol. The van der Waals surface area contributed by atoms with Crippen LogP contribution in [0, 0.1) is 6.92 Å². The van der Waals surface area contributed by atoms with Crippen LogP contribution in [0.15, 0.2) is 60.9 Å². The van der Waals surface area contributed by atoms with Crippen LogP contribution < -0.4 is 15.4 Å². The molecule has 0 atom stereocenters. The minimum atomic E-state index is -0.200. The van der Waals surface area contributed by atoms with Gasteiger partial charge < -0.3 is 15.4 Å². The summed E-state index contributed by atoms with van der Waals surface area (Å²) in [5, 5.41) is 6.32. The van der Waals surface area contributed by atoms with Gasteiger partial charge in [0.05, 0.1) is 30.2 Å². The van der Waals surface area contributed by atoms with Crippen LogP contribution in [0.3, 0.4) is 0 Å². The number of carbonyl (C=O) groups excluding carboxylic acids is 1. The third kappa shape index (κ3) is 4.93. The molecule has 2 N–H and O–H groups in total. The molecule has 1 aromatic heterocycles. The summed E-state index contributed by atoms with van der Waals surface area (Å²) in [6.07, 6.45) is 3.25. The topological polar surface area (TPSA) is 63.2 Å². The number of hydrogen-bond donors (Lipinski definition) is 2. The summed E-state index contributed by atoms with van der Waals surface area (Å²) in [7, 11) is 1.63. The van der Waals surface area contributed by atoms with Crippen molar-refractivity contribution in [1.82, 2.24) is 4.98 Å². The molecule has 0 aliphatic heterocycles. The number of benzene rings is 2. The van der Waals surface area contributed by atoms with Crippen molar-refractivity contribution in [2.24, 2.45) is 0 Å². The average Bonchev–Trinajstić information content (AvgIpc) is 2.68. The zero-order valence-electron chi connectivity index (χ0n) is 17.5. The lowest BCUT2D eigenvalue weighted by Crippen LogP contribution is -2.18. The zero-order chi connectivity index (χ0) is 21.0. The smallest absolute Gasteiger partial charge is 0.257 e. The molecule has 29 heavy (non-hydrogen) atoms. The highest BCUT2D eigenvalue weighted by Crippen LogP contribution is 2.30. The van der Waals surface area contributed by atoms with Crippen molar-refractivity contribution in [3.63, 3.8) is 0 Å². The molecular formula is C24H27N3O2. The van der Waals surface area contributed by atoms with E-state index in [-0.39, 0.29) is 11.3 Å². The normalized spacial score (nSPS) is 11.1. The van der Waals surface area contributed by atoms with Gasteiger partial charge in [-0.2, -0.15) is 0 Å². The van der Waals surface area contributed by atoms with Crippen LogP contribution in [-0.2, 0) is 5.41 Å². The van der Waals surface area contributed by atoms with Crippen molar-refractivity contribution in [2.45, 2.75) is 33.1 Å². The maximum atomic E-state index is 12.9. The number of amides is 1. The van der Waals surface area contributed by atoms with E-state index in [0.717, 1.165) is 28.3 Å². The summed E-state index contributed by atoms with van der Waals surface area (Å²) < 4.78 is 5.41. The number of carbonyl (C=O) groups is 1. The van der Waals surface area contributed by atoms with E-state index in [4.69, 9.17) is 4.74 Å². The molecule has 150 valence electrons. The van der Waals surface area contributed by atoms with E-state index in [1.54, 1.807) is 25.6 Å². The molecule has 0 bridgehead atoms. The molecule has 2 aromatic carbocycles. The maximum Gasteiger partial charge on any atom is 0.257 e. The van der Waals surface area contributed by atoms with Crippen LogP contribution >= 0.6 is 0 Å². The molecule has 0 aliphatic carbocycles. The molecule has 0 spiro atoms. The van der Waals surface area contributed by atoms with Gasteiger partial charge in [0.25, 0.3) is 5.91 Å². The minimum Gasteiger partial charge on any atom is -0.495 e. The van der Waals surface area contributed by atoms with Gasteiger partial charge in [0.2, 0.25) is 0 Å². The zero-order valence-corrected chi connectivity index (χ0v) is 17.5. The fraction of sp³-hybridized carbons (Fsp3) is 0.250. The van der Waals surface area contributed by atoms with Crippen LogP contribution in [-0.4, -0.2) is 18.0 Å².